The fourth-order valence-corrected chi connectivity index (χ4v) is 3.39. The zero-order chi connectivity index (χ0) is 14.8. The molecule has 0 bridgehead atoms. The number of nitrogens with one attached hydrogen (secondary N) is 1. The second-order valence-corrected chi connectivity index (χ2v) is 6.52. The van der Waals surface area contributed by atoms with Crippen molar-refractivity contribution >= 4 is 33.2 Å². The Morgan fingerprint density at radius 3 is 2.37 bits per heavy atom. The van der Waals surface area contributed by atoms with E-state index in [0.29, 0.717) is 5.69 Å². The Balaban J connectivity index is 3.14. The SMILES string of the molecule is CC(C)C(NS(=O)(=O)c1ccc(N)cc1Cl)C(N)=O. The van der Waals surface area contributed by atoms with Gasteiger partial charge in [-0.05, 0) is 24.1 Å². The highest BCUT2D eigenvalue weighted by molar-refractivity contribution is 7.89. The number of rotatable bonds is 5. The molecule has 0 saturated heterocycles. The third-order valence-electron chi connectivity index (χ3n) is 2.50. The van der Waals surface area contributed by atoms with Crippen LogP contribution < -0.4 is 16.2 Å². The lowest BCUT2D eigenvalue weighted by Gasteiger charge is -2.19. The van der Waals surface area contributed by atoms with Gasteiger partial charge in [0.15, 0.2) is 0 Å². The number of nitrogen functional groups attached to an aromatic ring is 1. The largest absolute Gasteiger partial charge is 0.399 e. The molecular weight excluding hydrogens is 290 g/mol. The number of carbonyl (C=O) groups excluding carboxylic acids is 1. The van der Waals surface area contributed by atoms with E-state index in [2.05, 4.69) is 4.72 Å². The molecule has 0 aromatic heterocycles. The maximum absolute atomic E-state index is 12.1. The number of nitrogens with two attached hydrogens (primary N) is 2. The van der Waals surface area contributed by atoms with Crippen LogP contribution in [0.25, 0.3) is 0 Å². The lowest BCUT2D eigenvalue weighted by molar-refractivity contribution is -0.120. The van der Waals surface area contributed by atoms with Crippen LogP contribution in [0, 0.1) is 5.92 Å². The van der Waals surface area contributed by atoms with Crippen LogP contribution in [0.5, 0.6) is 0 Å². The first kappa shape index (κ1) is 15.7. The predicted octanol–water partition coefficient (Wildman–Crippen LogP) is 0.710. The third kappa shape index (κ3) is 3.82. The third-order valence-corrected chi connectivity index (χ3v) is 4.42. The molecule has 6 nitrogen and oxygen atoms in total. The zero-order valence-electron chi connectivity index (χ0n) is 10.6. The van der Waals surface area contributed by atoms with E-state index in [9.17, 15) is 13.2 Å². The van der Waals surface area contributed by atoms with E-state index < -0.39 is 22.0 Å². The number of halogens is 1. The molecule has 19 heavy (non-hydrogen) atoms. The molecule has 1 rings (SSSR count). The maximum atomic E-state index is 12.1. The Morgan fingerprint density at radius 1 is 1.37 bits per heavy atom. The summed E-state index contributed by atoms with van der Waals surface area (Å²) in [4.78, 5) is 11.1. The standard InChI is InChI=1S/C11H16ClN3O3S/c1-6(2)10(11(14)16)15-19(17,18)9-4-3-7(13)5-8(9)12/h3-6,10,15H,13H2,1-2H3,(H2,14,16). The van der Waals surface area contributed by atoms with E-state index in [1.807, 2.05) is 0 Å². The van der Waals surface area contributed by atoms with Crippen molar-refractivity contribution < 1.29 is 13.2 Å². The molecule has 1 aromatic rings. The average Bonchev–Trinajstić information content (AvgIpc) is 2.24. The number of hydrogen-bond acceptors (Lipinski definition) is 4. The van der Waals surface area contributed by atoms with E-state index in [1.165, 1.54) is 18.2 Å². The van der Waals surface area contributed by atoms with Crippen molar-refractivity contribution in [3.05, 3.63) is 23.2 Å². The zero-order valence-corrected chi connectivity index (χ0v) is 12.1. The van der Waals surface area contributed by atoms with Gasteiger partial charge in [-0.2, -0.15) is 4.72 Å². The molecule has 1 atom stereocenters. The Bertz CT molecular complexity index is 587. The lowest BCUT2D eigenvalue weighted by atomic mass is 10.1. The van der Waals surface area contributed by atoms with Gasteiger partial charge in [-0.1, -0.05) is 25.4 Å². The van der Waals surface area contributed by atoms with Crippen molar-refractivity contribution in [3.8, 4) is 0 Å². The van der Waals surface area contributed by atoms with E-state index in [0.717, 1.165) is 0 Å². The molecular formula is C11H16ClN3O3S. The number of hydrogen-bond donors (Lipinski definition) is 3. The second-order valence-electron chi connectivity index (χ2n) is 4.44. The molecule has 0 aliphatic carbocycles. The Hall–Kier alpha value is -1.31. The minimum Gasteiger partial charge on any atom is -0.399 e. The first-order chi connectivity index (χ1) is 8.65. The molecule has 0 spiro atoms. The van der Waals surface area contributed by atoms with Gasteiger partial charge in [0.1, 0.15) is 10.9 Å². The van der Waals surface area contributed by atoms with E-state index >= 15 is 0 Å². The summed E-state index contributed by atoms with van der Waals surface area (Å²) in [5.74, 6) is -1.02. The summed E-state index contributed by atoms with van der Waals surface area (Å²) in [6.07, 6.45) is 0. The first-order valence-electron chi connectivity index (χ1n) is 5.52. The van der Waals surface area contributed by atoms with Crippen molar-refractivity contribution in [3.63, 3.8) is 0 Å². The first-order valence-corrected chi connectivity index (χ1v) is 7.38. The molecule has 1 unspecified atom stereocenters. The van der Waals surface area contributed by atoms with Gasteiger partial charge in [0.25, 0.3) is 0 Å². The quantitative estimate of drug-likeness (QED) is 0.695. The highest BCUT2D eigenvalue weighted by Gasteiger charge is 2.27. The summed E-state index contributed by atoms with van der Waals surface area (Å²) in [7, 11) is -3.94. The topological polar surface area (TPSA) is 115 Å². The molecule has 0 aliphatic heterocycles. The van der Waals surface area contributed by atoms with Crippen LogP contribution in [-0.4, -0.2) is 20.4 Å². The summed E-state index contributed by atoms with van der Waals surface area (Å²) in [5.41, 5.74) is 11.0. The summed E-state index contributed by atoms with van der Waals surface area (Å²) in [5, 5.41) is -0.0144. The van der Waals surface area contributed by atoms with Gasteiger partial charge in [0.05, 0.1) is 5.02 Å². The van der Waals surface area contributed by atoms with Crippen LogP contribution in [0.2, 0.25) is 5.02 Å². The number of anilines is 1. The molecule has 0 saturated carbocycles. The molecule has 1 aromatic carbocycles. The number of benzene rings is 1. The molecule has 5 N–H and O–H groups in total. The number of carbonyl (C=O) groups is 1. The van der Waals surface area contributed by atoms with Crippen LogP contribution in [0.1, 0.15) is 13.8 Å². The van der Waals surface area contributed by atoms with Crippen LogP contribution >= 0.6 is 11.6 Å². The summed E-state index contributed by atoms with van der Waals surface area (Å²) >= 11 is 5.84. The molecule has 0 radical (unpaired) electrons. The summed E-state index contributed by atoms with van der Waals surface area (Å²) < 4.78 is 26.5. The fraction of sp³-hybridized carbons (Fsp3) is 0.364. The van der Waals surface area contributed by atoms with E-state index in [1.54, 1.807) is 13.8 Å². The number of sulfonamides is 1. The van der Waals surface area contributed by atoms with Crippen molar-refractivity contribution in [1.82, 2.24) is 4.72 Å². The molecule has 0 fully saturated rings. The van der Waals surface area contributed by atoms with E-state index in [4.69, 9.17) is 23.1 Å². The van der Waals surface area contributed by atoms with Crippen molar-refractivity contribution in [2.45, 2.75) is 24.8 Å². The van der Waals surface area contributed by atoms with Gasteiger partial charge in [0, 0.05) is 5.69 Å². The van der Waals surface area contributed by atoms with Crippen LogP contribution in [0.4, 0.5) is 5.69 Å². The highest BCUT2D eigenvalue weighted by atomic mass is 35.5. The Kier molecular flexibility index (Phi) is 4.78. The van der Waals surface area contributed by atoms with Crippen LogP contribution in [0.3, 0.4) is 0 Å². The highest BCUT2D eigenvalue weighted by Crippen LogP contribution is 2.24. The lowest BCUT2D eigenvalue weighted by Crippen LogP contribution is -2.47. The Morgan fingerprint density at radius 2 is 1.95 bits per heavy atom. The van der Waals surface area contributed by atoms with Crippen LogP contribution in [-0.2, 0) is 14.8 Å². The van der Waals surface area contributed by atoms with Crippen molar-refractivity contribution in [1.29, 1.82) is 0 Å². The van der Waals surface area contributed by atoms with Crippen LogP contribution in [0.15, 0.2) is 23.1 Å². The van der Waals surface area contributed by atoms with Crippen molar-refractivity contribution in [2.24, 2.45) is 11.7 Å². The normalized spacial score (nSPS) is 13.5. The second kappa shape index (κ2) is 5.77. The van der Waals surface area contributed by atoms with Gasteiger partial charge in [-0.25, -0.2) is 8.42 Å². The molecule has 1 amide bonds. The Labute approximate surface area is 117 Å². The fourth-order valence-electron chi connectivity index (χ4n) is 1.49. The van der Waals surface area contributed by atoms with Gasteiger partial charge in [0.2, 0.25) is 15.9 Å². The molecule has 0 aliphatic rings. The van der Waals surface area contributed by atoms with Gasteiger partial charge in [-0.15, -0.1) is 0 Å². The number of amides is 1. The average molecular weight is 306 g/mol. The van der Waals surface area contributed by atoms with E-state index in [-0.39, 0.29) is 15.8 Å². The van der Waals surface area contributed by atoms with Gasteiger partial charge < -0.3 is 11.5 Å². The molecule has 8 heteroatoms. The monoisotopic (exact) mass is 305 g/mol. The van der Waals surface area contributed by atoms with Gasteiger partial charge >= 0.3 is 0 Å². The summed E-state index contributed by atoms with van der Waals surface area (Å²) in [6, 6.07) is 3.01. The van der Waals surface area contributed by atoms with Crippen molar-refractivity contribution in [2.75, 3.05) is 5.73 Å². The minimum atomic E-state index is -3.94. The number of primary amides is 1. The summed E-state index contributed by atoms with van der Waals surface area (Å²) in [6.45, 7) is 3.37. The molecule has 0 heterocycles. The molecule has 106 valence electrons. The minimum absolute atomic E-state index is 0.0144. The predicted molar refractivity (Wildman–Crippen MR) is 74.0 cm³/mol. The smallest absolute Gasteiger partial charge is 0.242 e. The maximum Gasteiger partial charge on any atom is 0.242 e. The van der Waals surface area contributed by atoms with Gasteiger partial charge in [-0.3, -0.25) is 4.79 Å².